The van der Waals surface area contributed by atoms with Crippen LogP contribution >= 0.6 is 0 Å². The van der Waals surface area contributed by atoms with Gasteiger partial charge in [-0.05, 0) is 43.4 Å². The SMILES string of the molecule is Cc1ccc(C(=O)NCCCC2CC2)c(N)c1. The Morgan fingerprint density at radius 3 is 2.88 bits per heavy atom. The highest BCUT2D eigenvalue weighted by Gasteiger charge is 2.20. The van der Waals surface area contributed by atoms with E-state index in [4.69, 9.17) is 5.73 Å². The first-order valence-corrected chi connectivity index (χ1v) is 6.31. The topological polar surface area (TPSA) is 55.1 Å². The summed E-state index contributed by atoms with van der Waals surface area (Å²) in [6.45, 7) is 2.72. The highest BCUT2D eigenvalue weighted by atomic mass is 16.1. The number of anilines is 1. The van der Waals surface area contributed by atoms with Gasteiger partial charge in [0.25, 0.3) is 5.91 Å². The Kier molecular flexibility index (Phi) is 3.67. The molecule has 0 saturated heterocycles. The summed E-state index contributed by atoms with van der Waals surface area (Å²) in [5, 5.41) is 2.92. The molecule has 1 amide bonds. The van der Waals surface area contributed by atoms with Crippen LogP contribution < -0.4 is 11.1 Å². The number of carbonyl (C=O) groups excluding carboxylic acids is 1. The maximum atomic E-state index is 11.8. The van der Waals surface area contributed by atoms with E-state index in [9.17, 15) is 4.79 Å². The molecule has 1 aliphatic rings. The third kappa shape index (κ3) is 3.48. The maximum absolute atomic E-state index is 11.8. The van der Waals surface area contributed by atoms with Crippen LogP contribution in [0.2, 0.25) is 0 Å². The summed E-state index contributed by atoms with van der Waals surface area (Å²) >= 11 is 0. The third-order valence-electron chi connectivity index (χ3n) is 3.22. The van der Waals surface area contributed by atoms with Crippen LogP contribution in [0.25, 0.3) is 0 Å². The van der Waals surface area contributed by atoms with Crippen molar-refractivity contribution in [3.63, 3.8) is 0 Å². The molecule has 1 fully saturated rings. The van der Waals surface area contributed by atoms with Gasteiger partial charge < -0.3 is 11.1 Å². The summed E-state index contributed by atoms with van der Waals surface area (Å²) < 4.78 is 0. The second-order valence-electron chi connectivity index (χ2n) is 4.93. The molecule has 1 aromatic rings. The van der Waals surface area contributed by atoms with E-state index >= 15 is 0 Å². The number of hydrogen-bond acceptors (Lipinski definition) is 2. The number of nitrogens with two attached hydrogens (primary N) is 1. The van der Waals surface area contributed by atoms with Crippen LogP contribution in [0.15, 0.2) is 18.2 Å². The molecule has 1 aromatic carbocycles. The number of benzene rings is 1. The van der Waals surface area contributed by atoms with Crippen molar-refractivity contribution in [3.8, 4) is 0 Å². The van der Waals surface area contributed by atoms with E-state index in [0.717, 1.165) is 24.4 Å². The molecule has 0 unspecified atom stereocenters. The summed E-state index contributed by atoms with van der Waals surface area (Å²) in [5.74, 6) is 0.870. The highest BCUT2D eigenvalue weighted by molar-refractivity contribution is 5.99. The molecular weight excluding hydrogens is 212 g/mol. The standard InChI is InChI=1S/C14H20N2O/c1-10-4-7-12(13(15)9-10)14(17)16-8-2-3-11-5-6-11/h4,7,9,11H,2-3,5-6,8,15H2,1H3,(H,16,17). The van der Waals surface area contributed by atoms with Crippen LogP contribution in [-0.4, -0.2) is 12.5 Å². The van der Waals surface area contributed by atoms with Gasteiger partial charge in [-0.1, -0.05) is 18.9 Å². The zero-order chi connectivity index (χ0) is 12.3. The average Bonchev–Trinajstić information content (AvgIpc) is 3.08. The second-order valence-corrected chi connectivity index (χ2v) is 4.93. The van der Waals surface area contributed by atoms with Crippen LogP contribution in [0, 0.1) is 12.8 Å². The Hall–Kier alpha value is -1.51. The number of carbonyl (C=O) groups is 1. The number of nitrogen functional groups attached to an aromatic ring is 1. The minimum atomic E-state index is -0.0571. The molecule has 17 heavy (non-hydrogen) atoms. The first-order valence-electron chi connectivity index (χ1n) is 6.31. The fraction of sp³-hybridized carbons (Fsp3) is 0.500. The zero-order valence-electron chi connectivity index (χ0n) is 10.3. The molecule has 3 N–H and O–H groups in total. The second kappa shape index (κ2) is 5.21. The summed E-state index contributed by atoms with van der Waals surface area (Å²) in [7, 11) is 0. The van der Waals surface area contributed by atoms with Gasteiger partial charge in [0.15, 0.2) is 0 Å². The number of nitrogens with one attached hydrogen (secondary N) is 1. The van der Waals surface area contributed by atoms with E-state index in [0.29, 0.717) is 11.3 Å². The van der Waals surface area contributed by atoms with Crippen LogP contribution in [-0.2, 0) is 0 Å². The fourth-order valence-corrected chi connectivity index (χ4v) is 1.98. The molecule has 0 radical (unpaired) electrons. The Labute approximate surface area is 102 Å². The van der Waals surface area contributed by atoms with Crippen LogP contribution in [0.1, 0.15) is 41.6 Å². The van der Waals surface area contributed by atoms with E-state index < -0.39 is 0 Å². The monoisotopic (exact) mass is 232 g/mol. The van der Waals surface area contributed by atoms with Gasteiger partial charge in [0.2, 0.25) is 0 Å². The van der Waals surface area contributed by atoms with Gasteiger partial charge in [-0.15, -0.1) is 0 Å². The van der Waals surface area contributed by atoms with E-state index in [1.165, 1.54) is 19.3 Å². The van der Waals surface area contributed by atoms with Crippen molar-refractivity contribution < 1.29 is 4.79 Å². The lowest BCUT2D eigenvalue weighted by molar-refractivity contribution is 0.0953. The van der Waals surface area contributed by atoms with Crippen LogP contribution in [0.4, 0.5) is 5.69 Å². The molecule has 0 aromatic heterocycles. The molecule has 0 atom stereocenters. The number of hydrogen-bond donors (Lipinski definition) is 2. The molecular formula is C14H20N2O. The number of aryl methyl sites for hydroxylation is 1. The average molecular weight is 232 g/mol. The van der Waals surface area contributed by atoms with Crippen molar-refractivity contribution >= 4 is 11.6 Å². The van der Waals surface area contributed by atoms with Crippen LogP contribution in [0.5, 0.6) is 0 Å². The Morgan fingerprint density at radius 1 is 1.47 bits per heavy atom. The van der Waals surface area contributed by atoms with E-state index in [2.05, 4.69) is 5.32 Å². The minimum Gasteiger partial charge on any atom is -0.398 e. The van der Waals surface area contributed by atoms with E-state index in [1.54, 1.807) is 6.07 Å². The molecule has 1 saturated carbocycles. The Bertz CT molecular complexity index is 411. The molecule has 0 bridgehead atoms. The lowest BCUT2D eigenvalue weighted by atomic mass is 10.1. The van der Waals surface area contributed by atoms with Crippen molar-refractivity contribution in [2.24, 2.45) is 5.92 Å². The lowest BCUT2D eigenvalue weighted by Crippen LogP contribution is -2.25. The number of amides is 1. The maximum Gasteiger partial charge on any atom is 0.253 e. The fourth-order valence-electron chi connectivity index (χ4n) is 1.98. The Morgan fingerprint density at radius 2 is 2.24 bits per heavy atom. The normalized spacial score (nSPS) is 14.6. The molecule has 0 aliphatic heterocycles. The van der Waals surface area contributed by atoms with Crippen molar-refractivity contribution in [2.45, 2.75) is 32.6 Å². The van der Waals surface area contributed by atoms with Gasteiger partial charge in [0.1, 0.15) is 0 Å². The largest absolute Gasteiger partial charge is 0.398 e. The summed E-state index contributed by atoms with van der Waals surface area (Å²) in [6.07, 6.45) is 5.06. The van der Waals surface area contributed by atoms with Crippen molar-refractivity contribution in [3.05, 3.63) is 29.3 Å². The van der Waals surface area contributed by atoms with Gasteiger partial charge in [-0.2, -0.15) is 0 Å². The molecule has 1 aliphatic carbocycles. The van der Waals surface area contributed by atoms with Gasteiger partial charge in [-0.3, -0.25) is 4.79 Å². The summed E-state index contributed by atoms with van der Waals surface area (Å²) in [6, 6.07) is 5.54. The molecule has 3 nitrogen and oxygen atoms in total. The lowest BCUT2D eigenvalue weighted by Gasteiger charge is -2.08. The quantitative estimate of drug-likeness (QED) is 0.605. The Balaban J connectivity index is 1.81. The molecule has 92 valence electrons. The smallest absolute Gasteiger partial charge is 0.253 e. The van der Waals surface area contributed by atoms with Crippen molar-refractivity contribution in [1.82, 2.24) is 5.32 Å². The third-order valence-corrected chi connectivity index (χ3v) is 3.22. The van der Waals surface area contributed by atoms with Crippen molar-refractivity contribution in [1.29, 1.82) is 0 Å². The molecule has 2 rings (SSSR count). The van der Waals surface area contributed by atoms with Gasteiger partial charge >= 0.3 is 0 Å². The first kappa shape index (κ1) is 12.0. The summed E-state index contributed by atoms with van der Waals surface area (Å²) in [5.41, 5.74) is 8.05. The van der Waals surface area contributed by atoms with Gasteiger partial charge in [-0.25, -0.2) is 0 Å². The minimum absolute atomic E-state index is 0.0571. The first-order chi connectivity index (χ1) is 8.16. The van der Waals surface area contributed by atoms with Gasteiger partial charge in [0.05, 0.1) is 5.56 Å². The summed E-state index contributed by atoms with van der Waals surface area (Å²) in [4.78, 5) is 11.8. The molecule has 0 heterocycles. The van der Waals surface area contributed by atoms with Crippen molar-refractivity contribution in [2.75, 3.05) is 12.3 Å². The predicted octanol–water partition coefficient (Wildman–Crippen LogP) is 2.50. The van der Waals surface area contributed by atoms with E-state index in [-0.39, 0.29) is 5.91 Å². The molecule has 3 heteroatoms. The predicted molar refractivity (Wildman–Crippen MR) is 69.9 cm³/mol. The highest BCUT2D eigenvalue weighted by Crippen LogP contribution is 2.33. The van der Waals surface area contributed by atoms with Crippen LogP contribution in [0.3, 0.4) is 0 Å². The van der Waals surface area contributed by atoms with E-state index in [1.807, 2.05) is 19.1 Å². The van der Waals surface area contributed by atoms with Gasteiger partial charge in [0, 0.05) is 12.2 Å². The number of rotatable bonds is 5. The zero-order valence-corrected chi connectivity index (χ0v) is 10.3. The molecule has 0 spiro atoms.